The van der Waals surface area contributed by atoms with Gasteiger partial charge < -0.3 is 10.4 Å². The Morgan fingerprint density at radius 1 is 1.52 bits per heavy atom. The fraction of sp³-hybridized carbons (Fsp3) is 0.438. The molecule has 0 aliphatic rings. The lowest BCUT2D eigenvalue weighted by molar-refractivity contribution is 0.0939. The molecule has 0 saturated carbocycles. The predicted octanol–water partition coefficient (Wildman–Crippen LogP) is 2.43. The van der Waals surface area contributed by atoms with Crippen molar-refractivity contribution in [3.8, 4) is 11.8 Å². The molecule has 114 valence electrons. The third kappa shape index (κ3) is 6.19. The second-order valence-corrected chi connectivity index (χ2v) is 5.82. The lowest BCUT2D eigenvalue weighted by Crippen LogP contribution is -2.34. The van der Waals surface area contributed by atoms with Crippen LogP contribution in [0.2, 0.25) is 0 Å². The average Bonchev–Trinajstić information content (AvgIpc) is 2.45. The maximum Gasteiger partial charge on any atom is 0.254 e. The first-order chi connectivity index (χ1) is 10.1. The summed E-state index contributed by atoms with van der Waals surface area (Å²) in [6, 6.07) is 4.28. The summed E-state index contributed by atoms with van der Waals surface area (Å²) in [7, 11) is 0. The largest absolute Gasteiger partial charge is 0.395 e. The number of hydrogen-bond donors (Lipinski definition) is 2. The van der Waals surface area contributed by atoms with Gasteiger partial charge in [0.05, 0.1) is 12.2 Å². The summed E-state index contributed by atoms with van der Waals surface area (Å²) in [4.78, 5) is 12.0. The van der Waals surface area contributed by atoms with E-state index in [1.54, 1.807) is 17.8 Å². The zero-order chi connectivity index (χ0) is 15.7. The van der Waals surface area contributed by atoms with Crippen molar-refractivity contribution in [2.45, 2.75) is 26.3 Å². The minimum absolute atomic E-state index is 0.00845. The standard InChI is InChI=1S/C16H20FNO2S/c1-3-21-11-12(2)18-16(20)14-8-7-13(10-15(14)17)6-4-5-9-19/h7-8,10,12,19H,3,5,9,11H2,1-2H3,(H,18,20). The quantitative estimate of drug-likeness (QED) is 0.794. The Labute approximate surface area is 129 Å². The number of carbonyl (C=O) groups excluding carboxylic acids is 1. The second-order valence-electron chi connectivity index (χ2n) is 4.50. The highest BCUT2D eigenvalue weighted by molar-refractivity contribution is 7.99. The number of rotatable bonds is 6. The van der Waals surface area contributed by atoms with Crippen LogP contribution in [0.15, 0.2) is 18.2 Å². The van der Waals surface area contributed by atoms with E-state index in [0.29, 0.717) is 12.0 Å². The molecule has 3 nitrogen and oxygen atoms in total. The van der Waals surface area contributed by atoms with E-state index in [0.717, 1.165) is 11.5 Å². The van der Waals surface area contributed by atoms with E-state index < -0.39 is 11.7 Å². The Morgan fingerprint density at radius 2 is 2.29 bits per heavy atom. The van der Waals surface area contributed by atoms with Gasteiger partial charge in [-0.25, -0.2) is 4.39 Å². The number of amides is 1. The van der Waals surface area contributed by atoms with Crippen molar-refractivity contribution >= 4 is 17.7 Å². The molecule has 1 aromatic carbocycles. The first kappa shape index (κ1) is 17.5. The summed E-state index contributed by atoms with van der Waals surface area (Å²) < 4.78 is 13.9. The van der Waals surface area contributed by atoms with Gasteiger partial charge in [0.1, 0.15) is 5.82 Å². The molecule has 1 unspecified atom stereocenters. The molecular formula is C16H20FNO2S. The van der Waals surface area contributed by atoms with Crippen molar-refractivity contribution in [1.29, 1.82) is 0 Å². The fourth-order valence-electron chi connectivity index (χ4n) is 1.64. The number of carbonyl (C=O) groups is 1. The SMILES string of the molecule is CCSCC(C)NC(=O)c1ccc(C#CCCO)cc1F. The Hall–Kier alpha value is -1.51. The van der Waals surface area contributed by atoms with Crippen LogP contribution < -0.4 is 5.32 Å². The van der Waals surface area contributed by atoms with Crippen molar-refractivity contribution in [1.82, 2.24) is 5.32 Å². The topological polar surface area (TPSA) is 49.3 Å². The second kappa shape index (κ2) is 9.43. The molecule has 0 spiro atoms. The van der Waals surface area contributed by atoms with Gasteiger partial charge in [0, 0.05) is 23.8 Å². The van der Waals surface area contributed by atoms with Crippen molar-refractivity contribution in [2.75, 3.05) is 18.1 Å². The molecule has 0 heterocycles. The van der Waals surface area contributed by atoms with Crippen molar-refractivity contribution in [3.05, 3.63) is 35.1 Å². The van der Waals surface area contributed by atoms with Crippen LogP contribution in [0.25, 0.3) is 0 Å². The third-order valence-corrected chi connectivity index (χ3v) is 3.78. The molecule has 0 bridgehead atoms. The molecule has 21 heavy (non-hydrogen) atoms. The number of aliphatic hydroxyl groups is 1. The summed E-state index contributed by atoms with van der Waals surface area (Å²) in [6.45, 7) is 3.92. The normalized spacial score (nSPS) is 11.4. The summed E-state index contributed by atoms with van der Waals surface area (Å²) in [5.41, 5.74) is 0.517. The van der Waals surface area contributed by atoms with Crippen LogP contribution in [0.1, 0.15) is 36.2 Å². The number of aliphatic hydroxyl groups excluding tert-OH is 1. The van der Waals surface area contributed by atoms with E-state index in [4.69, 9.17) is 5.11 Å². The fourth-order valence-corrected chi connectivity index (χ4v) is 2.31. The van der Waals surface area contributed by atoms with Gasteiger partial charge in [-0.1, -0.05) is 18.8 Å². The van der Waals surface area contributed by atoms with Crippen molar-refractivity contribution < 1.29 is 14.3 Å². The van der Waals surface area contributed by atoms with Crippen molar-refractivity contribution in [2.24, 2.45) is 0 Å². The van der Waals surface area contributed by atoms with E-state index in [1.165, 1.54) is 12.1 Å². The summed E-state index contributed by atoms with van der Waals surface area (Å²) in [5, 5.41) is 11.4. The molecule has 0 aromatic heterocycles. The van der Waals surface area contributed by atoms with E-state index in [9.17, 15) is 9.18 Å². The van der Waals surface area contributed by atoms with E-state index >= 15 is 0 Å². The average molecular weight is 309 g/mol. The van der Waals surface area contributed by atoms with Crippen LogP contribution in [-0.4, -0.2) is 35.2 Å². The predicted molar refractivity (Wildman–Crippen MR) is 84.9 cm³/mol. The Balaban J connectivity index is 2.71. The summed E-state index contributed by atoms with van der Waals surface area (Å²) >= 11 is 1.72. The summed E-state index contributed by atoms with van der Waals surface area (Å²) in [5.74, 6) is 6.24. The maximum absolute atomic E-state index is 13.9. The van der Waals surface area contributed by atoms with Gasteiger partial charge in [0.25, 0.3) is 5.91 Å². The number of nitrogens with one attached hydrogen (secondary N) is 1. The molecule has 0 radical (unpaired) electrons. The molecule has 1 aromatic rings. The van der Waals surface area contributed by atoms with Crippen LogP contribution in [0.4, 0.5) is 4.39 Å². The molecule has 1 rings (SSSR count). The van der Waals surface area contributed by atoms with Gasteiger partial charge in [-0.3, -0.25) is 4.79 Å². The lowest BCUT2D eigenvalue weighted by atomic mass is 10.1. The molecule has 1 amide bonds. The number of benzene rings is 1. The minimum atomic E-state index is -0.585. The van der Waals surface area contributed by atoms with Gasteiger partial charge in [-0.15, -0.1) is 0 Å². The third-order valence-electron chi connectivity index (χ3n) is 2.63. The van der Waals surface area contributed by atoms with E-state index in [2.05, 4.69) is 24.1 Å². The molecule has 5 heteroatoms. The molecular weight excluding hydrogens is 289 g/mol. The molecule has 0 aliphatic heterocycles. The monoisotopic (exact) mass is 309 g/mol. The van der Waals surface area contributed by atoms with Gasteiger partial charge >= 0.3 is 0 Å². The van der Waals surface area contributed by atoms with Crippen LogP contribution in [0.5, 0.6) is 0 Å². The molecule has 0 saturated heterocycles. The Bertz CT molecular complexity index is 537. The smallest absolute Gasteiger partial charge is 0.254 e. The van der Waals surface area contributed by atoms with Gasteiger partial charge in [0.2, 0.25) is 0 Å². The van der Waals surface area contributed by atoms with E-state index in [1.807, 2.05) is 6.92 Å². The van der Waals surface area contributed by atoms with Gasteiger partial charge in [0.15, 0.2) is 0 Å². The van der Waals surface area contributed by atoms with Crippen LogP contribution in [0.3, 0.4) is 0 Å². The van der Waals surface area contributed by atoms with Gasteiger partial charge in [-0.05, 0) is 30.9 Å². The molecule has 2 N–H and O–H groups in total. The van der Waals surface area contributed by atoms with Crippen molar-refractivity contribution in [3.63, 3.8) is 0 Å². The highest BCUT2D eigenvalue weighted by Crippen LogP contribution is 2.11. The Morgan fingerprint density at radius 3 is 2.90 bits per heavy atom. The van der Waals surface area contributed by atoms with Crippen LogP contribution >= 0.6 is 11.8 Å². The number of hydrogen-bond acceptors (Lipinski definition) is 3. The van der Waals surface area contributed by atoms with Gasteiger partial charge in [-0.2, -0.15) is 11.8 Å². The zero-order valence-electron chi connectivity index (χ0n) is 12.3. The number of thioether (sulfide) groups is 1. The zero-order valence-corrected chi connectivity index (χ0v) is 13.1. The first-order valence-electron chi connectivity index (χ1n) is 6.86. The highest BCUT2D eigenvalue weighted by atomic mass is 32.2. The highest BCUT2D eigenvalue weighted by Gasteiger charge is 2.14. The lowest BCUT2D eigenvalue weighted by Gasteiger charge is -2.13. The summed E-state index contributed by atoms with van der Waals surface area (Å²) in [6.07, 6.45) is 0.344. The van der Waals surface area contributed by atoms with Crippen LogP contribution in [-0.2, 0) is 0 Å². The van der Waals surface area contributed by atoms with E-state index in [-0.39, 0.29) is 18.2 Å². The molecule has 0 fully saturated rings. The van der Waals surface area contributed by atoms with Crippen LogP contribution in [0, 0.1) is 17.7 Å². The molecule has 1 atom stereocenters. The molecule has 0 aliphatic carbocycles. The minimum Gasteiger partial charge on any atom is -0.395 e. The maximum atomic E-state index is 13.9. The number of halogens is 1. The first-order valence-corrected chi connectivity index (χ1v) is 8.01. The Kier molecular flexibility index (Phi) is 7.88.